The van der Waals surface area contributed by atoms with Crippen LogP contribution in [0.15, 0.2) is 36.8 Å². The van der Waals surface area contributed by atoms with Crippen molar-refractivity contribution >= 4 is 11.7 Å². The van der Waals surface area contributed by atoms with E-state index in [-0.39, 0.29) is 5.56 Å². The van der Waals surface area contributed by atoms with Gasteiger partial charge in [0.15, 0.2) is 5.82 Å². The molecule has 0 fully saturated rings. The molecule has 5 heteroatoms. The van der Waals surface area contributed by atoms with Crippen molar-refractivity contribution in [1.29, 1.82) is 0 Å². The van der Waals surface area contributed by atoms with E-state index in [4.69, 9.17) is 0 Å². The van der Waals surface area contributed by atoms with Crippen LogP contribution in [0, 0.1) is 12.7 Å². The van der Waals surface area contributed by atoms with Gasteiger partial charge in [0.05, 0.1) is 11.8 Å². The van der Waals surface area contributed by atoms with Crippen molar-refractivity contribution < 1.29 is 9.18 Å². The number of hydrogen-bond donors (Lipinski definition) is 1. The Bertz CT molecular complexity index is 543. The van der Waals surface area contributed by atoms with Gasteiger partial charge in [0.25, 0.3) is 5.91 Å². The summed E-state index contributed by atoms with van der Waals surface area (Å²) in [5.41, 5.74) is 0.811. The van der Waals surface area contributed by atoms with Crippen LogP contribution in [-0.2, 0) is 0 Å². The molecule has 0 atom stereocenters. The first-order chi connectivity index (χ1) is 8.16. The van der Waals surface area contributed by atoms with Crippen LogP contribution < -0.4 is 5.32 Å². The Hall–Kier alpha value is -2.30. The smallest absolute Gasteiger partial charge is 0.259 e. The van der Waals surface area contributed by atoms with Crippen molar-refractivity contribution in [1.82, 2.24) is 9.97 Å². The summed E-state index contributed by atoms with van der Waals surface area (Å²) in [6.45, 7) is 1.79. The third kappa shape index (κ3) is 2.63. The molecule has 1 amide bonds. The molecule has 2 rings (SSSR count). The molecule has 0 aliphatic carbocycles. The number of amides is 1. The lowest BCUT2D eigenvalue weighted by atomic mass is 10.1. The highest BCUT2D eigenvalue weighted by atomic mass is 19.1. The summed E-state index contributed by atoms with van der Waals surface area (Å²) in [6.07, 6.45) is 4.33. The zero-order valence-electron chi connectivity index (χ0n) is 9.14. The zero-order valence-corrected chi connectivity index (χ0v) is 9.14. The lowest BCUT2D eigenvalue weighted by molar-refractivity contribution is 0.102. The Morgan fingerprint density at radius 3 is 2.88 bits per heavy atom. The van der Waals surface area contributed by atoms with Crippen molar-refractivity contribution in [2.24, 2.45) is 0 Å². The van der Waals surface area contributed by atoms with Gasteiger partial charge < -0.3 is 5.32 Å². The zero-order chi connectivity index (χ0) is 12.3. The highest BCUT2D eigenvalue weighted by Gasteiger charge is 2.12. The van der Waals surface area contributed by atoms with Gasteiger partial charge >= 0.3 is 0 Å². The summed E-state index contributed by atoms with van der Waals surface area (Å²) in [5.74, 6) is -0.804. The maximum atomic E-state index is 13.4. The molecule has 1 aromatic carbocycles. The highest BCUT2D eigenvalue weighted by Crippen LogP contribution is 2.11. The van der Waals surface area contributed by atoms with Crippen LogP contribution in [0.4, 0.5) is 10.2 Å². The van der Waals surface area contributed by atoms with E-state index in [2.05, 4.69) is 15.3 Å². The number of rotatable bonds is 2. The largest absolute Gasteiger partial charge is 0.305 e. The minimum atomic E-state index is -0.558. The van der Waals surface area contributed by atoms with Crippen molar-refractivity contribution in [3.63, 3.8) is 0 Å². The number of aromatic nitrogens is 2. The van der Waals surface area contributed by atoms with Crippen LogP contribution in [0.1, 0.15) is 15.9 Å². The predicted molar refractivity (Wildman–Crippen MR) is 61.1 cm³/mol. The van der Waals surface area contributed by atoms with E-state index in [0.717, 1.165) is 5.56 Å². The van der Waals surface area contributed by atoms with E-state index in [9.17, 15) is 9.18 Å². The number of anilines is 1. The molecule has 1 N–H and O–H groups in total. The number of benzene rings is 1. The molecule has 0 unspecified atom stereocenters. The summed E-state index contributed by atoms with van der Waals surface area (Å²) >= 11 is 0. The standard InChI is InChI=1S/C12H10FN3O/c1-8-2-3-10(13)9(6-8)12(17)16-11-7-14-4-5-15-11/h2-7H,1H3,(H,15,16,17). The second-order valence-electron chi connectivity index (χ2n) is 3.53. The first-order valence-electron chi connectivity index (χ1n) is 5.00. The van der Waals surface area contributed by atoms with Gasteiger partial charge in [-0.05, 0) is 19.1 Å². The molecule has 0 radical (unpaired) electrons. The Morgan fingerprint density at radius 2 is 2.18 bits per heavy atom. The van der Waals surface area contributed by atoms with Crippen LogP contribution in [0.2, 0.25) is 0 Å². The molecule has 17 heavy (non-hydrogen) atoms. The lowest BCUT2D eigenvalue weighted by Gasteiger charge is -2.05. The van der Waals surface area contributed by atoms with Crippen LogP contribution in [0.25, 0.3) is 0 Å². The summed E-state index contributed by atoms with van der Waals surface area (Å²) in [5, 5.41) is 2.47. The molecule has 0 saturated carbocycles. The van der Waals surface area contributed by atoms with Gasteiger partial charge in [0.1, 0.15) is 5.82 Å². The fourth-order valence-corrected chi connectivity index (χ4v) is 1.36. The first-order valence-corrected chi connectivity index (χ1v) is 5.00. The summed E-state index contributed by atoms with van der Waals surface area (Å²) in [6, 6.07) is 4.36. The Labute approximate surface area is 97.5 Å². The van der Waals surface area contributed by atoms with E-state index in [1.54, 1.807) is 13.0 Å². The minimum Gasteiger partial charge on any atom is -0.305 e. The van der Waals surface area contributed by atoms with E-state index < -0.39 is 11.7 Å². The molecule has 0 spiro atoms. The fraction of sp³-hybridized carbons (Fsp3) is 0.0833. The topological polar surface area (TPSA) is 54.9 Å². The molecule has 0 bridgehead atoms. The van der Waals surface area contributed by atoms with Gasteiger partial charge in [-0.3, -0.25) is 9.78 Å². The molecule has 0 saturated heterocycles. The van der Waals surface area contributed by atoms with Crippen LogP contribution in [-0.4, -0.2) is 15.9 Å². The second-order valence-corrected chi connectivity index (χ2v) is 3.53. The second kappa shape index (κ2) is 4.69. The van der Waals surface area contributed by atoms with Crippen molar-refractivity contribution in [3.8, 4) is 0 Å². The average molecular weight is 231 g/mol. The van der Waals surface area contributed by atoms with E-state index in [1.165, 1.54) is 30.7 Å². The molecule has 4 nitrogen and oxygen atoms in total. The number of halogens is 1. The Balaban J connectivity index is 2.23. The maximum absolute atomic E-state index is 13.4. The third-order valence-electron chi connectivity index (χ3n) is 2.17. The molecule has 86 valence electrons. The highest BCUT2D eigenvalue weighted by molar-refractivity contribution is 6.03. The minimum absolute atomic E-state index is 0.00402. The molecule has 0 aliphatic rings. The van der Waals surface area contributed by atoms with Gasteiger partial charge in [0, 0.05) is 12.4 Å². The molecular weight excluding hydrogens is 221 g/mol. The monoisotopic (exact) mass is 231 g/mol. The van der Waals surface area contributed by atoms with Gasteiger partial charge in [-0.25, -0.2) is 9.37 Å². The molecule has 1 aromatic heterocycles. The average Bonchev–Trinajstić information content (AvgIpc) is 2.33. The van der Waals surface area contributed by atoms with E-state index in [1.807, 2.05) is 0 Å². The lowest BCUT2D eigenvalue weighted by Crippen LogP contribution is -2.14. The third-order valence-corrected chi connectivity index (χ3v) is 2.17. The fourth-order valence-electron chi connectivity index (χ4n) is 1.36. The van der Waals surface area contributed by atoms with Crippen LogP contribution >= 0.6 is 0 Å². The molecule has 0 aliphatic heterocycles. The van der Waals surface area contributed by atoms with Gasteiger partial charge in [-0.1, -0.05) is 11.6 Å². The number of nitrogens with zero attached hydrogens (tertiary/aromatic N) is 2. The predicted octanol–water partition coefficient (Wildman–Crippen LogP) is 2.18. The van der Waals surface area contributed by atoms with Crippen LogP contribution in [0.3, 0.4) is 0 Å². The Morgan fingerprint density at radius 1 is 1.35 bits per heavy atom. The number of carbonyl (C=O) groups is 1. The van der Waals surface area contributed by atoms with Crippen molar-refractivity contribution in [3.05, 3.63) is 53.7 Å². The maximum Gasteiger partial charge on any atom is 0.259 e. The summed E-state index contributed by atoms with van der Waals surface area (Å²) in [4.78, 5) is 19.4. The van der Waals surface area contributed by atoms with Crippen molar-refractivity contribution in [2.45, 2.75) is 6.92 Å². The number of hydrogen-bond acceptors (Lipinski definition) is 3. The number of carbonyl (C=O) groups excluding carboxylic acids is 1. The van der Waals surface area contributed by atoms with E-state index >= 15 is 0 Å². The first kappa shape index (κ1) is 11.2. The molecule has 1 heterocycles. The molecular formula is C12H10FN3O. The van der Waals surface area contributed by atoms with Crippen LogP contribution in [0.5, 0.6) is 0 Å². The van der Waals surface area contributed by atoms with Gasteiger partial charge in [-0.15, -0.1) is 0 Å². The van der Waals surface area contributed by atoms with Crippen molar-refractivity contribution in [2.75, 3.05) is 5.32 Å². The van der Waals surface area contributed by atoms with Gasteiger partial charge in [-0.2, -0.15) is 0 Å². The van der Waals surface area contributed by atoms with E-state index in [0.29, 0.717) is 5.82 Å². The SMILES string of the molecule is Cc1ccc(F)c(C(=O)Nc2cnccn2)c1. The quantitative estimate of drug-likeness (QED) is 0.861. The normalized spacial score (nSPS) is 10.0. The van der Waals surface area contributed by atoms with Gasteiger partial charge in [0.2, 0.25) is 0 Å². The number of nitrogens with one attached hydrogen (secondary N) is 1. The summed E-state index contributed by atoms with van der Waals surface area (Å²) < 4.78 is 13.4. The summed E-state index contributed by atoms with van der Waals surface area (Å²) in [7, 11) is 0. The molecule has 2 aromatic rings. The number of aryl methyl sites for hydroxylation is 1. The Kier molecular flexibility index (Phi) is 3.09.